The number of rotatable bonds is 0. The Kier molecular flexibility index (Phi) is 3.89. The maximum atomic E-state index is 3.08. The monoisotopic (exact) mass is 306 g/mol. The summed E-state index contributed by atoms with van der Waals surface area (Å²) in [6.07, 6.45) is 7.62. The highest BCUT2D eigenvalue weighted by Gasteiger charge is 2.23. The Labute approximate surface area is 135 Å². The average molecular weight is 306 g/mol. The maximum Gasteiger partial charge on any atom is 0.00319 e. The molecule has 0 amide bonds. The summed E-state index contributed by atoms with van der Waals surface area (Å²) in [5.74, 6) is 0. The second-order valence-electron chi connectivity index (χ2n) is 6.57. The zero-order chi connectivity index (χ0) is 14.9. The third-order valence-corrected chi connectivity index (χ3v) is 5.78. The minimum absolute atomic E-state index is 0.509. The van der Waals surface area contributed by atoms with Gasteiger partial charge in [0.2, 0.25) is 0 Å². The number of hydrogen-bond acceptors (Lipinski definition) is 0. The summed E-state index contributed by atoms with van der Waals surface area (Å²) < 4.78 is 0. The molecule has 0 spiro atoms. The van der Waals surface area contributed by atoms with Crippen LogP contribution < -0.4 is 0 Å². The Bertz CT molecular complexity index is 726. The molecule has 2 aliphatic carbocycles. The van der Waals surface area contributed by atoms with E-state index in [4.69, 9.17) is 0 Å². The van der Waals surface area contributed by atoms with Crippen LogP contribution in [0, 0.1) is 0 Å². The predicted molar refractivity (Wildman–Crippen MR) is 98.9 cm³/mol. The van der Waals surface area contributed by atoms with Crippen molar-refractivity contribution in [2.24, 2.45) is 0 Å². The van der Waals surface area contributed by atoms with Crippen LogP contribution in [0.4, 0.5) is 0 Å². The van der Waals surface area contributed by atoms with Gasteiger partial charge in [0, 0.05) is 5.66 Å². The Morgan fingerprint density at radius 1 is 0.727 bits per heavy atom. The van der Waals surface area contributed by atoms with Crippen molar-refractivity contribution in [1.82, 2.24) is 0 Å². The van der Waals surface area contributed by atoms with Crippen LogP contribution in [0.2, 0.25) is 0 Å². The number of fused-ring (bicyclic) bond motifs is 4. The summed E-state index contributed by atoms with van der Waals surface area (Å²) in [5, 5.41) is 0. The van der Waals surface area contributed by atoms with Crippen LogP contribution in [0.15, 0.2) is 48.5 Å². The molecule has 2 unspecified atom stereocenters. The molecule has 0 aliphatic heterocycles. The van der Waals surface area contributed by atoms with Gasteiger partial charge in [0.25, 0.3) is 0 Å². The largest absolute Gasteiger partial charge is 0.129 e. The quantitative estimate of drug-likeness (QED) is 0.521. The zero-order valence-electron chi connectivity index (χ0n) is 13.0. The van der Waals surface area contributed by atoms with E-state index in [2.05, 4.69) is 57.8 Å². The van der Waals surface area contributed by atoms with Gasteiger partial charge in [0.15, 0.2) is 0 Å². The van der Waals surface area contributed by atoms with E-state index in [0.717, 1.165) is 6.42 Å². The molecule has 0 fully saturated rings. The van der Waals surface area contributed by atoms with E-state index in [1.54, 1.807) is 11.1 Å². The van der Waals surface area contributed by atoms with Crippen LogP contribution in [0.25, 0.3) is 11.1 Å². The topological polar surface area (TPSA) is 0 Å². The lowest BCUT2D eigenvalue weighted by Gasteiger charge is -2.26. The van der Waals surface area contributed by atoms with Crippen molar-refractivity contribution in [2.75, 3.05) is 0 Å². The molecule has 0 heterocycles. The third kappa shape index (κ3) is 2.44. The number of hydrogen-bond donors (Lipinski definition) is 0. The van der Waals surface area contributed by atoms with Crippen molar-refractivity contribution in [1.29, 1.82) is 0 Å². The average Bonchev–Trinajstić information content (AvgIpc) is 2.80. The van der Waals surface area contributed by atoms with Gasteiger partial charge in [-0.3, -0.25) is 0 Å². The van der Waals surface area contributed by atoms with E-state index in [1.165, 1.54) is 54.4 Å². The molecule has 112 valence electrons. The molecule has 2 aliphatic rings. The first-order valence-corrected chi connectivity index (χ1v) is 9.16. The molecule has 0 aromatic heterocycles. The van der Waals surface area contributed by atoms with Crippen LogP contribution in [-0.4, -0.2) is 0 Å². The van der Waals surface area contributed by atoms with Crippen molar-refractivity contribution in [3.05, 3.63) is 70.8 Å². The number of allylic oxidation sites excluding steroid dienone is 2. The Balaban J connectivity index is 2.02. The Morgan fingerprint density at radius 3 is 2.18 bits per heavy atom. The van der Waals surface area contributed by atoms with E-state index in [9.17, 15) is 0 Å². The molecule has 4 rings (SSSR count). The van der Waals surface area contributed by atoms with Gasteiger partial charge in [-0.25, -0.2) is 0 Å². The molecule has 0 radical (unpaired) electrons. The van der Waals surface area contributed by atoms with Gasteiger partial charge >= 0.3 is 0 Å². The third-order valence-electron chi connectivity index (χ3n) is 5.19. The SMILES string of the molecule is PC1Cc2ccccc2C2=C(CCCCC2)c2ccccc21. The Hall–Kier alpha value is -1.39. The first kappa shape index (κ1) is 14.2. The van der Waals surface area contributed by atoms with Crippen molar-refractivity contribution >= 4 is 20.4 Å². The van der Waals surface area contributed by atoms with Gasteiger partial charge in [0.05, 0.1) is 0 Å². The molecule has 0 bridgehead atoms. The molecule has 0 nitrogen and oxygen atoms in total. The van der Waals surface area contributed by atoms with E-state index < -0.39 is 0 Å². The molecule has 2 atom stereocenters. The molecule has 2 aromatic rings. The van der Waals surface area contributed by atoms with E-state index in [0.29, 0.717) is 5.66 Å². The van der Waals surface area contributed by atoms with E-state index in [1.807, 2.05) is 0 Å². The van der Waals surface area contributed by atoms with Gasteiger partial charge in [0.1, 0.15) is 0 Å². The molecule has 0 saturated carbocycles. The second-order valence-corrected chi connectivity index (χ2v) is 7.38. The molecule has 2 aromatic carbocycles. The summed E-state index contributed by atoms with van der Waals surface area (Å²) >= 11 is 0. The lowest BCUT2D eigenvalue weighted by atomic mass is 9.82. The summed E-state index contributed by atoms with van der Waals surface area (Å²) in [7, 11) is 3.08. The van der Waals surface area contributed by atoms with Crippen LogP contribution >= 0.6 is 9.24 Å². The van der Waals surface area contributed by atoms with Gasteiger partial charge in [-0.15, -0.1) is 9.24 Å². The number of benzene rings is 2. The van der Waals surface area contributed by atoms with Crippen molar-refractivity contribution < 1.29 is 0 Å². The molecule has 22 heavy (non-hydrogen) atoms. The maximum absolute atomic E-state index is 3.08. The molecular weight excluding hydrogens is 283 g/mol. The molecular formula is C21H23P. The first-order valence-electron chi connectivity index (χ1n) is 8.50. The van der Waals surface area contributed by atoms with Crippen LogP contribution in [-0.2, 0) is 6.42 Å². The van der Waals surface area contributed by atoms with Gasteiger partial charge in [-0.1, -0.05) is 55.0 Å². The van der Waals surface area contributed by atoms with E-state index in [-0.39, 0.29) is 0 Å². The highest BCUT2D eigenvalue weighted by Crippen LogP contribution is 2.44. The van der Waals surface area contributed by atoms with Gasteiger partial charge in [-0.2, -0.15) is 0 Å². The smallest absolute Gasteiger partial charge is 0.00319 e. The van der Waals surface area contributed by atoms with Crippen LogP contribution in [0.3, 0.4) is 0 Å². The standard InChI is InChI=1S/C21H23P/c22-21-14-15-8-4-5-9-16(15)17-10-2-1-3-11-18(17)19-12-6-7-13-20(19)21/h4-9,12-13,21H,1-3,10-11,14,22H2. The van der Waals surface area contributed by atoms with Crippen LogP contribution in [0.5, 0.6) is 0 Å². The summed E-state index contributed by atoms with van der Waals surface area (Å²) in [5.41, 5.74) is 9.80. The zero-order valence-corrected chi connectivity index (χ0v) is 14.2. The summed E-state index contributed by atoms with van der Waals surface area (Å²) in [6.45, 7) is 0. The Morgan fingerprint density at radius 2 is 1.36 bits per heavy atom. The van der Waals surface area contributed by atoms with Crippen molar-refractivity contribution in [3.8, 4) is 0 Å². The highest BCUT2D eigenvalue weighted by atomic mass is 31.0. The highest BCUT2D eigenvalue weighted by molar-refractivity contribution is 7.17. The lowest BCUT2D eigenvalue weighted by Crippen LogP contribution is -2.07. The molecule has 0 saturated heterocycles. The van der Waals surface area contributed by atoms with Gasteiger partial charge in [-0.05, 0) is 65.5 Å². The fraction of sp³-hybridized carbons (Fsp3) is 0.333. The molecule has 0 N–H and O–H groups in total. The van der Waals surface area contributed by atoms with E-state index >= 15 is 0 Å². The van der Waals surface area contributed by atoms with Crippen molar-refractivity contribution in [3.63, 3.8) is 0 Å². The fourth-order valence-electron chi connectivity index (χ4n) is 4.11. The summed E-state index contributed by atoms with van der Waals surface area (Å²) in [4.78, 5) is 0. The fourth-order valence-corrected chi connectivity index (χ4v) is 4.66. The van der Waals surface area contributed by atoms with Crippen molar-refractivity contribution in [2.45, 2.75) is 44.2 Å². The molecule has 1 heteroatoms. The van der Waals surface area contributed by atoms with Crippen LogP contribution in [0.1, 0.15) is 60.0 Å². The lowest BCUT2D eigenvalue weighted by molar-refractivity contribution is 0.723. The second kappa shape index (κ2) is 6.01. The predicted octanol–water partition coefficient (Wildman–Crippen LogP) is 6.03. The minimum atomic E-state index is 0.509. The first-order chi connectivity index (χ1) is 10.8. The summed E-state index contributed by atoms with van der Waals surface area (Å²) in [6, 6.07) is 18.2. The van der Waals surface area contributed by atoms with Gasteiger partial charge < -0.3 is 0 Å². The normalized spacial score (nSPS) is 21.0. The minimum Gasteiger partial charge on any atom is -0.129 e.